The summed E-state index contributed by atoms with van der Waals surface area (Å²) in [6.07, 6.45) is 1.74. The average molecular weight is 493 g/mol. The van der Waals surface area contributed by atoms with Gasteiger partial charge in [0.1, 0.15) is 11.6 Å². The maximum atomic E-state index is 13.2. The van der Waals surface area contributed by atoms with Gasteiger partial charge in [-0.1, -0.05) is 29.8 Å². The SMILES string of the molecule is COc1ccc(-n2c(C)cc(C=Nn3c(C(C)C)nc4ccc(Br)cc4c3=O)c2C)cc1. The summed E-state index contributed by atoms with van der Waals surface area (Å²) in [6, 6.07) is 15.5. The summed E-state index contributed by atoms with van der Waals surface area (Å²) in [7, 11) is 1.66. The molecule has 2 aromatic heterocycles. The van der Waals surface area contributed by atoms with Gasteiger partial charge in [-0.25, -0.2) is 4.98 Å². The van der Waals surface area contributed by atoms with Gasteiger partial charge < -0.3 is 9.30 Å². The summed E-state index contributed by atoms with van der Waals surface area (Å²) < 4.78 is 9.67. The van der Waals surface area contributed by atoms with Crippen LogP contribution in [0, 0.1) is 13.8 Å². The molecule has 0 atom stereocenters. The van der Waals surface area contributed by atoms with Crippen molar-refractivity contribution in [3.05, 3.63) is 86.1 Å². The Morgan fingerprint density at radius 2 is 1.81 bits per heavy atom. The second kappa shape index (κ2) is 8.74. The molecule has 0 radical (unpaired) electrons. The number of aryl methyl sites for hydroxylation is 1. The molecule has 2 aromatic carbocycles. The van der Waals surface area contributed by atoms with E-state index in [9.17, 15) is 4.79 Å². The Balaban J connectivity index is 1.80. The molecule has 4 aromatic rings. The van der Waals surface area contributed by atoms with Crippen LogP contribution in [0.1, 0.15) is 42.5 Å². The van der Waals surface area contributed by atoms with Crippen LogP contribution < -0.4 is 10.3 Å². The molecule has 0 aliphatic heterocycles. The molecule has 0 spiro atoms. The van der Waals surface area contributed by atoms with Crippen molar-refractivity contribution >= 4 is 33.0 Å². The van der Waals surface area contributed by atoms with Gasteiger partial charge in [-0.15, -0.1) is 0 Å². The second-order valence-electron chi connectivity index (χ2n) is 8.01. The zero-order valence-corrected chi connectivity index (χ0v) is 20.3. The Morgan fingerprint density at radius 1 is 1.09 bits per heavy atom. The quantitative estimate of drug-likeness (QED) is 0.341. The van der Waals surface area contributed by atoms with Crippen molar-refractivity contribution in [2.24, 2.45) is 5.10 Å². The van der Waals surface area contributed by atoms with E-state index in [0.29, 0.717) is 16.7 Å². The van der Waals surface area contributed by atoms with Crippen LogP contribution in [-0.4, -0.2) is 27.6 Å². The van der Waals surface area contributed by atoms with Crippen LogP contribution in [0.15, 0.2) is 62.9 Å². The largest absolute Gasteiger partial charge is 0.497 e. The molecule has 0 amide bonds. The lowest BCUT2D eigenvalue weighted by Crippen LogP contribution is -2.23. The number of benzene rings is 2. The van der Waals surface area contributed by atoms with Crippen molar-refractivity contribution < 1.29 is 4.74 Å². The number of nitrogens with zero attached hydrogens (tertiary/aromatic N) is 4. The summed E-state index contributed by atoms with van der Waals surface area (Å²) in [5.41, 5.74) is 4.58. The Morgan fingerprint density at radius 3 is 2.47 bits per heavy atom. The Labute approximate surface area is 195 Å². The van der Waals surface area contributed by atoms with E-state index < -0.39 is 0 Å². The smallest absolute Gasteiger partial charge is 0.282 e. The number of fused-ring (bicyclic) bond motifs is 1. The van der Waals surface area contributed by atoms with Gasteiger partial charge in [-0.05, 0) is 62.4 Å². The maximum absolute atomic E-state index is 13.2. The lowest BCUT2D eigenvalue weighted by molar-refractivity contribution is 0.414. The summed E-state index contributed by atoms with van der Waals surface area (Å²) in [5, 5.41) is 5.11. The van der Waals surface area contributed by atoms with E-state index in [2.05, 4.69) is 38.6 Å². The molecular weight excluding hydrogens is 468 g/mol. The topological polar surface area (TPSA) is 61.4 Å². The second-order valence-corrected chi connectivity index (χ2v) is 8.92. The lowest BCUT2D eigenvalue weighted by Gasteiger charge is -2.12. The average Bonchev–Trinajstić information content (AvgIpc) is 3.06. The first kappa shape index (κ1) is 22.0. The molecule has 0 aliphatic carbocycles. The summed E-state index contributed by atoms with van der Waals surface area (Å²) in [5.74, 6) is 1.48. The molecule has 2 heterocycles. The fourth-order valence-corrected chi connectivity index (χ4v) is 4.18. The van der Waals surface area contributed by atoms with E-state index in [4.69, 9.17) is 9.72 Å². The number of methoxy groups -OCH3 is 1. The predicted molar refractivity (Wildman–Crippen MR) is 133 cm³/mol. The minimum absolute atomic E-state index is 0.0413. The van der Waals surface area contributed by atoms with Gasteiger partial charge >= 0.3 is 0 Å². The zero-order chi connectivity index (χ0) is 23.0. The fourth-order valence-electron chi connectivity index (χ4n) is 3.82. The minimum atomic E-state index is -0.180. The molecule has 6 nitrogen and oxygen atoms in total. The highest BCUT2D eigenvalue weighted by Gasteiger charge is 2.15. The van der Waals surface area contributed by atoms with E-state index in [1.54, 1.807) is 19.4 Å². The third-order valence-electron chi connectivity index (χ3n) is 5.46. The van der Waals surface area contributed by atoms with E-state index in [1.165, 1.54) is 4.68 Å². The van der Waals surface area contributed by atoms with Gasteiger partial charge in [0.15, 0.2) is 0 Å². The molecule has 0 saturated carbocycles. The van der Waals surface area contributed by atoms with Crippen molar-refractivity contribution in [2.75, 3.05) is 7.11 Å². The van der Waals surface area contributed by atoms with Crippen molar-refractivity contribution in [3.8, 4) is 11.4 Å². The molecule has 0 aliphatic rings. The molecular formula is C25H25BrN4O2. The van der Waals surface area contributed by atoms with Gasteiger partial charge in [0.2, 0.25) is 0 Å². The van der Waals surface area contributed by atoms with Crippen LogP contribution >= 0.6 is 15.9 Å². The Hall–Kier alpha value is -3.19. The van der Waals surface area contributed by atoms with E-state index in [0.717, 1.165) is 32.9 Å². The monoisotopic (exact) mass is 492 g/mol. The molecule has 0 bridgehead atoms. The first-order chi connectivity index (χ1) is 15.3. The van der Waals surface area contributed by atoms with Crippen molar-refractivity contribution in [2.45, 2.75) is 33.6 Å². The van der Waals surface area contributed by atoms with Gasteiger partial charge in [-0.2, -0.15) is 9.78 Å². The summed E-state index contributed by atoms with van der Waals surface area (Å²) in [6.45, 7) is 8.11. The van der Waals surface area contributed by atoms with Crippen LogP contribution in [0.25, 0.3) is 16.6 Å². The number of aromatic nitrogens is 3. The molecule has 7 heteroatoms. The zero-order valence-electron chi connectivity index (χ0n) is 18.8. The first-order valence-corrected chi connectivity index (χ1v) is 11.2. The molecule has 0 saturated heterocycles. The van der Waals surface area contributed by atoms with Gasteiger partial charge in [0.25, 0.3) is 5.56 Å². The highest BCUT2D eigenvalue weighted by atomic mass is 79.9. The lowest BCUT2D eigenvalue weighted by atomic mass is 10.2. The third-order valence-corrected chi connectivity index (χ3v) is 5.96. The van der Waals surface area contributed by atoms with E-state index in [1.807, 2.05) is 57.2 Å². The van der Waals surface area contributed by atoms with Crippen LogP contribution in [-0.2, 0) is 0 Å². The molecule has 32 heavy (non-hydrogen) atoms. The van der Waals surface area contributed by atoms with E-state index in [-0.39, 0.29) is 11.5 Å². The predicted octanol–water partition coefficient (Wildman–Crippen LogP) is 5.58. The van der Waals surface area contributed by atoms with Crippen molar-refractivity contribution in [3.63, 3.8) is 0 Å². The van der Waals surface area contributed by atoms with Crippen molar-refractivity contribution in [1.29, 1.82) is 0 Å². The molecule has 4 rings (SSSR count). The minimum Gasteiger partial charge on any atom is -0.497 e. The summed E-state index contributed by atoms with van der Waals surface area (Å²) >= 11 is 3.44. The van der Waals surface area contributed by atoms with Crippen LogP contribution in [0.5, 0.6) is 5.75 Å². The van der Waals surface area contributed by atoms with Gasteiger partial charge in [-0.3, -0.25) is 4.79 Å². The Kier molecular flexibility index (Phi) is 6.02. The highest BCUT2D eigenvalue weighted by Crippen LogP contribution is 2.23. The van der Waals surface area contributed by atoms with Gasteiger partial charge in [0.05, 0.1) is 24.2 Å². The number of halogens is 1. The van der Waals surface area contributed by atoms with Gasteiger partial charge in [0, 0.05) is 33.0 Å². The number of hydrogen-bond acceptors (Lipinski definition) is 4. The number of hydrogen-bond donors (Lipinski definition) is 0. The van der Waals surface area contributed by atoms with E-state index >= 15 is 0 Å². The number of ether oxygens (including phenoxy) is 1. The van der Waals surface area contributed by atoms with Crippen LogP contribution in [0.2, 0.25) is 0 Å². The molecule has 0 unspecified atom stereocenters. The fraction of sp³-hybridized carbons (Fsp3) is 0.240. The maximum Gasteiger partial charge on any atom is 0.282 e. The standard InChI is InChI=1S/C25H25BrN4O2/c1-15(2)24-28-23-11-6-19(26)13-22(23)25(31)30(24)27-14-18-12-16(3)29(17(18)4)20-7-9-21(32-5)10-8-20/h6-15H,1-5H3. The van der Waals surface area contributed by atoms with Crippen LogP contribution in [0.3, 0.4) is 0 Å². The first-order valence-electron chi connectivity index (χ1n) is 10.4. The highest BCUT2D eigenvalue weighted by molar-refractivity contribution is 9.10. The normalized spacial score (nSPS) is 11.7. The summed E-state index contributed by atoms with van der Waals surface area (Å²) in [4.78, 5) is 17.9. The number of rotatable bonds is 5. The van der Waals surface area contributed by atoms with Crippen molar-refractivity contribution in [1.82, 2.24) is 14.2 Å². The molecule has 0 fully saturated rings. The molecule has 0 N–H and O–H groups in total. The Bertz CT molecular complexity index is 1380. The third kappa shape index (κ3) is 4.00. The van der Waals surface area contributed by atoms with Crippen LogP contribution in [0.4, 0.5) is 0 Å². The molecule has 164 valence electrons.